The first-order valence-corrected chi connectivity index (χ1v) is 9.08. The average Bonchev–Trinajstić information content (AvgIpc) is 2.94. The molecule has 0 aromatic carbocycles. The fraction of sp³-hybridized carbons (Fsp3) is 0.850. The molecule has 1 N–H and O–H groups in total. The first-order chi connectivity index (χ1) is 10.2. The van der Waals surface area contributed by atoms with Crippen LogP contribution in [0.4, 0.5) is 0 Å². The first-order valence-electron chi connectivity index (χ1n) is 9.08. The zero-order valence-electron chi connectivity index (χ0n) is 14.7. The number of aliphatic hydroxyl groups is 1. The van der Waals surface area contributed by atoms with E-state index < -0.39 is 11.5 Å². The molecule has 0 aromatic heterocycles. The molecule has 0 saturated heterocycles. The van der Waals surface area contributed by atoms with Crippen molar-refractivity contribution in [2.45, 2.75) is 72.3 Å². The molecule has 3 saturated carbocycles. The SMILES string of the molecule is C=C[C@]1(C)C[C@@H](O)[C@]2(C)C(C)CC[C@]3(CCCC32)[C@@H](C)C1=O. The Kier molecular flexibility index (Phi) is 3.64. The molecule has 22 heavy (non-hydrogen) atoms. The summed E-state index contributed by atoms with van der Waals surface area (Å²) in [5.74, 6) is 1.41. The second kappa shape index (κ2) is 4.93. The molecule has 0 amide bonds. The Morgan fingerprint density at radius 1 is 1.23 bits per heavy atom. The van der Waals surface area contributed by atoms with Gasteiger partial charge in [0.1, 0.15) is 5.78 Å². The minimum Gasteiger partial charge on any atom is -0.392 e. The Hall–Kier alpha value is -0.630. The van der Waals surface area contributed by atoms with E-state index in [-0.39, 0.29) is 16.7 Å². The first kappa shape index (κ1) is 16.2. The van der Waals surface area contributed by atoms with E-state index in [1.54, 1.807) is 6.08 Å². The Balaban J connectivity index is 2.17. The predicted molar refractivity (Wildman–Crippen MR) is 89.4 cm³/mol. The minimum absolute atomic E-state index is 0.0615. The Morgan fingerprint density at radius 3 is 2.55 bits per heavy atom. The molecule has 3 aliphatic rings. The highest BCUT2D eigenvalue weighted by molar-refractivity contribution is 5.89. The summed E-state index contributed by atoms with van der Waals surface area (Å²) in [7, 11) is 0. The Labute approximate surface area is 135 Å². The van der Waals surface area contributed by atoms with Gasteiger partial charge in [-0.25, -0.2) is 0 Å². The average molecular weight is 304 g/mol. The lowest BCUT2D eigenvalue weighted by atomic mass is 9.44. The number of hydrogen-bond donors (Lipinski definition) is 1. The van der Waals surface area contributed by atoms with Gasteiger partial charge >= 0.3 is 0 Å². The lowest BCUT2D eigenvalue weighted by molar-refractivity contribution is -0.172. The topological polar surface area (TPSA) is 37.3 Å². The molecule has 3 rings (SSSR count). The van der Waals surface area contributed by atoms with Gasteiger partial charge in [0.05, 0.1) is 6.10 Å². The molecule has 2 bridgehead atoms. The molecule has 124 valence electrons. The number of allylic oxidation sites excluding steroid dienone is 1. The lowest BCUT2D eigenvalue weighted by Crippen LogP contribution is -2.60. The van der Waals surface area contributed by atoms with E-state index in [0.29, 0.717) is 24.0 Å². The number of Topliss-reactive ketones (excluding diaryl/α,β-unsaturated/α-hetero) is 1. The summed E-state index contributed by atoms with van der Waals surface area (Å²) in [5, 5.41) is 11.2. The second-order valence-corrected chi connectivity index (χ2v) is 8.91. The lowest BCUT2D eigenvalue weighted by Gasteiger charge is -2.60. The number of carbonyl (C=O) groups is 1. The standard InChI is InChI=1S/C20H32O2/c1-6-18(4)12-16(21)19(5)13(2)9-11-20(14(3)17(18)22)10-7-8-15(19)20/h6,13-16,21H,1,7-12H2,2-5H3/t13?,14-,15?,16+,18+,19+,20+/m0/s1. The number of ketones is 1. The Morgan fingerprint density at radius 2 is 1.91 bits per heavy atom. The fourth-order valence-electron chi connectivity index (χ4n) is 6.42. The molecule has 7 atom stereocenters. The summed E-state index contributed by atoms with van der Waals surface area (Å²) < 4.78 is 0. The zero-order chi connectivity index (χ0) is 16.3. The van der Waals surface area contributed by atoms with Crippen LogP contribution in [0.25, 0.3) is 0 Å². The van der Waals surface area contributed by atoms with Crippen LogP contribution >= 0.6 is 0 Å². The molecule has 2 heteroatoms. The minimum atomic E-state index is -0.586. The van der Waals surface area contributed by atoms with Gasteiger partial charge in [0.15, 0.2) is 0 Å². The summed E-state index contributed by atoms with van der Waals surface area (Å²) in [6.07, 6.45) is 7.77. The number of aliphatic hydroxyl groups excluding tert-OH is 1. The van der Waals surface area contributed by atoms with Crippen LogP contribution in [0.1, 0.15) is 66.2 Å². The van der Waals surface area contributed by atoms with Crippen molar-refractivity contribution >= 4 is 5.78 Å². The molecule has 0 aliphatic heterocycles. The maximum absolute atomic E-state index is 13.2. The second-order valence-electron chi connectivity index (χ2n) is 8.91. The smallest absolute Gasteiger partial charge is 0.145 e. The van der Waals surface area contributed by atoms with Gasteiger partial charge in [-0.2, -0.15) is 0 Å². The van der Waals surface area contributed by atoms with Gasteiger partial charge in [-0.1, -0.05) is 33.3 Å². The van der Waals surface area contributed by atoms with E-state index in [9.17, 15) is 9.90 Å². The quantitative estimate of drug-likeness (QED) is 0.730. The van der Waals surface area contributed by atoms with Crippen molar-refractivity contribution in [3.8, 4) is 0 Å². The molecule has 0 radical (unpaired) electrons. The highest BCUT2D eigenvalue weighted by Crippen LogP contribution is 2.67. The molecule has 2 unspecified atom stereocenters. The van der Waals surface area contributed by atoms with Crippen LogP contribution in [0.15, 0.2) is 12.7 Å². The van der Waals surface area contributed by atoms with Crippen molar-refractivity contribution in [1.29, 1.82) is 0 Å². The monoisotopic (exact) mass is 304 g/mol. The van der Waals surface area contributed by atoms with Crippen molar-refractivity contribution in [3.63, 3.8) is 0 Å². The zero-order valence-corrected chi connectivity index (χ0v) is 14.7. The number of hydrogen-bond acceptors (Lipinski definition) is 2. The maximum Gasteiger partial charge on any atom is 0.145 e. The van der Waals surface area contributed by atoms with Crippen LogP contribution in [0.5, 0.6) is 0 Å². The van der Waals surface area contributed by atoms with Crippen LogP contribution in [-0.4, -0.2) is 17.0 Å². The van der Waals surface area contributed by atoms with Gasteiger partial charge in [0.2, 0.25) is 0 Å². The third-order valence-electron chi connectivity index (χ3n) is 8.29. The van der Waals surface area contributed by atoms with Crippen molar-refractivity contribution in [3.05, 3.63) is 12.7 Å². The molecular formula is C20H32O2. The number of rotatable bonds is 1. The number of carbonyl (C=O) groups excluding carboxylic acids is 1. The van der Waals surface area contributed by atoms with E-state index >= 15 is 0 Å². The molecule has 0 heterocycles. The third kappa shape index (κ3) is 1.79. The highest BCUT2D eigenvalue weighted by Gasteiger charge is 2.64. The van der Waals surface area contributed by atoms with Gasteiger partial charge in [0, 0.05) is 11.3 Å². The highest BCUT2D eigenvalue weighted by atomic mass is 16.3. The molecule has 0 aromatic rings. The van der Waals surface area contributed by atoms with E-state index in [1.807, 2.05) is 6.92 Å². The molecule has 3 aliphatic carbocycles. The van der Waals surface area contributed by atoms with Crippen LogP contribution in [0.3, 0.4) is 0 Å². The van der Waals surface area contributed by atoms with Crippen LogP contribution in [0, 0.1) is 34.0 Å². The molecule has 3 fully saturated rings. The van der Waals surface area contributed by atoms with Crippen molar-refractivity contribution < 1.29 is 9.90 Å². The summed E-state index contributed by atoms with van der Waals surface area (Å²) >= 11 is 0. The van der Waals surface area contributed by atoms with Crippen LogP contribution < -0.4 is 0 Å². The normalized spacial score (nSPS) is 55.2. The maximum atomic E-state index is 13.2. The summed E-state index contributed by atoms with van der Waals surface area (Å²) in [4.78, 5) is 13.2. The van der Waals surface area contributed by atoms with Crippen molar-refractivity contribution in [1.82, 2.24) is 0 Å². The van der Waals surface area contributed by atoms with Gasteiger partial charge in [0.25, 0.3) is 0 Å². The van der Waals surface area contributed by atoms with Gasteiger partial charge in [-0.05, 0) is 61.7 Å². The van der Waals surface area contributed by atoms with E-state index in [2.05, 4.69) is 27.4 Å². The predicted octanol–water partition coefficient (Wildman–Crippen LogP) is 4.37. The van der Waals surface area contributed by atoms with Gasteiger partial charge in [-0.15, -0.1) is 6.58 Å². The van der Waals surface area contributed by atoms with Crippen molar-refractivity contribution in [2.24, 2.45) is 34.0 Å². The largest absolute Gasteiger partial charge is 0.392 e. The summed E-state index contributed by atoms with van der Waals surface area (Å²) in [6, 6.07) is 0. The summed E-state index contributed by atoms with van der Waals surface area (Å²) in [5.41, 5.74) is -0.532. The Bertz CT molecular complexity index is 498. The summed E-state index contributed by atoms with van der Waals surface area (Å²) in [6.45, 7) is 12.7. The van der Waals surface area contributed by atoms with Crippen LogP contribution in [-0.2, 0) is 4.79 Å². The van der Waals surface area contributed by atoms with Gasteiger partial charge in [-0.3, -0.25) is 4.79 Å². The van der Waals surface area contributed by atoms with Crippen molar-refractivity contribution in [2.75, 3.05) is 0 Å². The van der Waals surface area contributed by atoms with Gasteiger partial charge < -0.3 is 5.11 Å². The van der Waals surface area contributed by atoms with E-state index in [1.165, 1.54) is 12.8 Å². The molecule has 0 spiro atoms. The molecule has 2 nitrogen and oxygen atoms in total. The third-order valence-corrected chi connectivity index (χ3v) is 8.29. The molecular weight excluding hydrogens is 272 g/mol. The fourth-order valence-corrected chi connectivity index (χ4v) is 6.42. The van der Waals surface area contributed by atoms with Crippen LogP contribution in [0.2, 0.25) is 0 Å². The van der Waals surface area contributed by atoms with E-state index in [0.717, 1.165) is 19.3 Å². The van der Waals surface area contributed by atoms with E-state index in [4.69, 9.17) is 0 Å².